The van der Waals surface area contributed by atoms with Crippen molar-refractivity contribution in [3.05, 3.63) is 57.8 Å². The van der Waals surface area contributed by atoms with E-state index in [-0.39, 0.29) is 29.5 Å². The molecule has 1 aliphatic rings. The van der Waals surface area contributed by atoms with Gasteiger partial charge >= 0.3 is 5.69 Å². The second kappa shape index (κ2) is 8.76. The fourth-order valence-electron chi connectivity index (χ4n) is 3.51. The number of carbonyl (C=O) groups is 1. The summed E-state index contributed by atoms with van der Waals surface area (Å²) in [6.07, 6.45) is 2.17. The van der Waals surface area contributed by atoms with Crippen LogP contribution in [0.2, 0.25) is 0 Å². The van der Waals surface area contributed by atoms with Crippen molar-refractivity contribution in [1.29, 1.82) is 0 Å². The highest BCUT2D eigenvalue weighted by molar-refractivity contribution is 5.93. The van der Waals surface area contributed by atoms with Crippen molar-refractivity contribution in [2.45, 2.75) is 51.6 Å². The SMILES string of the molecule is CC(C)(C)NC(=O)c1[nH]c(=O)[nH]c1CN1CCC(c2ccccc2)CC1.Cl. The molecule has 7 heteroatoms. The standard InChI is InChI=1S/C20H28N4O2.ClH/c1-20(2,3)23-18(25)17-16(21-19(26)22-17)13-24-11-9-15(10-12-24)14-7-5-4-6-8-14;/h4-8,15H,9-13H2,1-3H3,(H,23,25)(H2,21,22,26);1H. The second-order valence-corrected chi connectivity index (χ2v) is 8.10. The first-order valence-corrected chi connectivity index (χ1v) is 9.23. The summed E-state index contributed by atoms with van der Waals surface area (Å²) in [5, 5.41) is 2.91. The Bertz CT molecular complexity index is 799. The molecule has 1 aromatic heterocycles. The topological polar surface area (TPSA) is 81.0 Å². The van der Waals surface area contributed by atoms with Crippen molar-refractivity contribution in [2.24, 2.45) is 0 Å². The van der Waals surface area contributed by atoms with Crippen LogP contribution in [-0.4, -0.2) is 39.4 Å². The van der Waals surface area contributed by atoms with E-state index < -0.39 is 0 Å². The molecule has 2 heterocycles. The summed E-state index contributed by atoms with van der Waals surface area (Å²) in [5.41, 5.74) is 1.71. The second-order valence-electron chi connectivity index (χ2n) is 8.10. The largest absolute Gasteiger partial charge is 0.346 e. The first kappa shape index (κ1) is 21.3. The van der Waals surface area contributed by atoms with Gasteiger partial charge < -0.3 is 15.3 Å². The summed E-state index contributed by atoms with van der Waals surface area (Å²) in [6.45, 7) is 8.24. The van der Waals surface area contributed by atoms with Gasteiger partial charge in [-0.3, -0.25) is 9.69 Å². The van der Waals surface area contributed by atoms with E-state index >= 15 is 0 Å². The number of amides is 1. The van der Waals surface area contributed by atoms with Gasteiger partial charge in [0.05, 0.1) is 5.69 Å². The summed E-state index contributed by atoms with van der Waals surface area (Å²) in [4.78, 5) is 31.9. The first-order valence-electron chi connectivity index (χ1n) is 9.23. The number of H-pyrrole nitrogens is 2. The Labute approximate surface area is 166 Å². The molecular weight excluding hydrogens is 364 g/mol. The van der Waals surface area contributed by atoms with E-state index in [1.807, 2.05) is 26.8 Å². The molecule has 0 saturated carbocycles. The number of hydrogen-bond acceptors (Lipinski definition) is 3. The lowest BCUT2D eigenvalue weighted by Gasteiger charge is -2.32. The van der Waals surface area contributed by atoms with Crippen molar-refractivity contribution in [3.8, 4) is 0 Å². The smallest absolute Gasteiger partial charge is 0.323 e. The van der Waals surface area contributed by atoms with Crippen molar-refractivity contribution >= 4 is 18.3 Å². The van der Waals surface area contributed by atoms with Crippen LogP contribution >= 0.6 is 12.4 Å². The zero-order valence-corrected chi connectivity index (χ0v) is 17.0. The maximum Gasteiger partial charge on any atom is 0.323 e. The van der Waals surface area contributed by atoms with Gasteiger partial charge in [0.2, 0.25) is 0 Å². The van der Waals surface area contributed by atoms with Gasteiger partial charge in [0.25, 0.3) is 5.91 Å². The summed E-state index contributed by atoms with van der Waals surface area (Å²) in [6, 6.07) is 10.6. The van der Waals surface area contributed by atoms with Crippen LogP contribution in [0.25, 0.3) is 0 Å². The minimum absolute atomic E-state index is 0. The molecule has 0 atom stereocenters. The first-order chi connectivity index (χ1) is 12.3. The Morgan fingerprint density at radius 2 is 1.78 bits per heavy atom. The number of imidazole rings is 1. The molecule has 148 valence electrons. The van der Waals surface area contributed by atoms with E-state index in [1.54, 1.807) is 0 Å². The van der Waals surface area contributed by atoms with Crippen LogP contribution in [0.5, 0.6) is 0 Å². The molecule has 3 N–H and O–H groups in total. The number of nitrogens with zero attached hydrogens (tertiary/aromatic N) is 1. The molecule has 1 aromatic carbocycles. The number of carbonyl (C=O) groups excluding carboxylic acids is 1. The molecule has 0 aliphatic carbocycles. The molecule has 3 rings (SSSR count). The number of halogens is 1. The molecule has 1 aliphatic heterocycles. The number of piperidine rings is 1. The van der Waals surface area contributed by atoms with Gasteiger partial charge in [0.1, 0.15) is 5.69 Å². The lowest BCUT2D eigenvalue weighted by Crippen LogP contribution is -2.41. The van der Waals surface area contributed by atoms with E-state index in [2.05, 4.69) is 44.5 Å². The molecule has 6 nitrogen and oxygen atoms in total. The third-order valence-corrected chi connectivity index (χ3v) is 4.76. The summed E-state index contributed by atoms with van der Waals surface area (Å²) >= 11 is 0. The third kappa shape index (κ3) is 5.71. The maximum atomic E-state index is 12.5. The van der Waals surface area contributed by atoms with E-state index in [0.717, 1.165) is 25.9 Å². The molecular formula is C20H29ClN4O2. The van der Waals surface area contributed by atoms with Crippen LogP contribution < -0.4 is 11.0 Å². The van der Waals surface area contributed by atoms with Gasteiger partial charge in [-0.2, -0.15) is 0 Å². The fraction of sp³-hybridized carbons (Fsp3) is 0.500. The lowest BCUT2D eigenvalue weighted by molar-refractivity contribution is 0.0912. The normalized spacial score (nSPS) is 16.0. The predicted octanol–water partition coefficient (Wildman–Crippen LogP) is 3.03. The van der Waals surface area contributed by atoms with E-state index in [4.69, 9.17) is 0 Å². The number of likely N-dealkylation sites (tertiary alicyclic amines) is 1. The van der Waals surface area contributed by atoms with Gasteiger partial charge in [0, 0.05) is 12.1 Å². The summed E-state index contributed by atoms with van der Waals surface area (Å²) in [7, 11) is 0. The summed E-state index contributed by atoms with van der Waals surface area (Å²) in [5.74, 6) is 0.339. The van der Waals surface area contributed by atoms with Crippen LogP contribution in [0.1, 0.15) is 61.3 Å². The van der Waals surface area contributed by atoms with Crippen LogP contribution in [0.3, 0.4) is 0 Å². The Morgan fingerprint density at radius 3 is 2.37 bits per heavy atom. The molecule has 1 fully saturated rings. The minimum atomic E-state index is -0.351. The van der Waals surface area contributed by atoms with Gasteiger partial charge in [0.15, 0.2) is 0 Å². The number of nitrogens with one attached hydrogen (secondary N) is 3. The molecule has 0 bridgehead atoms. The molecule has 0 unspecified atom stereocenters. The molecule has 0 spiro atoms. The van der Waals surface area contributed by atoms with Crippen molar-refractivity contribution < 1.29 is 4.79 Å². The van der Waals surface area contributed by atoms with Crippen molar-refractivity contribution in [3.63, 3.8) is 0 Å². The highest BCUT2D eigenvalue weighted by Gasteiger charge is 2.24. The predicted molar refractivity (Wildman–Crippen MR) is 110 cm³/mol. The van der Waals surface area contributed by atoms with E-state index in [1.165, 1.54) is 5.56 Å². The third-order valence-electron chi connectivity index (χ3n) is 4.76. The van der Waals surface area contributed by atoms with E-state index in [9.17, 15) is 9.59 Å². The Kier molecular flexibility index (Phi) is 6.89. The number of aromatic nitrogens is 2. The van der Waals surface area contributed by atoms with Crippen molar-refractivity contribution in [2.75, 3.05) is 13.1 Å². The van der Waals surface area contributed by atoms with Crippen LogP contribution in [0, 0.1) is 0 Å². The number of benzene rings is 1. The fourth-order valence-corrected chi connectivity index (χ4v) is 3.51. The Morgan fingerprint density at radius 1 is 1.15 bits per heavy atom. The van der Waals surface area contributed by atoms with Gasteiger partial charge in [-0.1, -0.05) is 30.3 Å². The quantitative estimate of drug-likeness (QED) is 0.748. The maximum absolute atomic E-state index is 12.5. The van der Waals surface area contributed by atoms with Gasteiger partial charge in [-0.05, 0) is 58.2 Å². The average Bonchev–Trinajstić information content (AvgIpc) is 2.95. The van der Waals surface area contributed by atoms with Crippen molar-refractivity contribution in [1.82, 2.24) is 20.2 Å². The number of hydrogen-bond donors (Lipinski definition) is 3. The van der Waals surface area contributed by atoms with Crippen LogP contribution in [0.15, 0.2) is 35.1 Å². The average molecular weight is 393 g/mol. The van der Waals surface area contributed by atoms with Gasteiger partial charge in [-0.15, -0.1) is 12.4 Å². The highest BCUT2D eigenvalue weighted by atomic mass is 35.5. The van der Waals surface area contributed by atoms with E-state index in [0.29, 0.717) is 23.9 Å². The van der Waals surface area contributed by atoms with Gasteiger partial charge in [-0.25, -0.2) is 4.79 Å². The Balaban J connectivity index is 0.00000261. The lowest BCUT2D eigenvalue weighted by atomic mass is 9.89. The monoisotopic (exact) mass is 392 g/mol. The highest BCUT2D eigenvalue weighted by Crippen LogP contribution is 2.28. The molecule has 1 amide bonds. The Hall–Kier alpha value is -2.05. The minimum Gasteiger partial charge on any atom is -0.346 e. The molecule has 2 aromatic rings. The van der Waals surface area contributed by atoms with Crippen LogP contribution in [-0.2, 0) is 6.54 Å². The number of aromatic amines is 2. The molecule has 1 saturated heterocycles. The molecule has 27 heavy (non-hydrogen) atoms. The van der Waals surface area contributed by atoms with Crippen LogP contribution in [0.4, 0.5) is 0 Å². The number of rotatable bonds is 4. The molecule has 0 radical (unpaired) electrons. The zero-order valence-electron chi connectivity index (χ0n) is 16.2. The zero-order chi connectivity index (χ0) is 18.7. The summed E-state index contributed by atoms with van der Waals surface area (Å²) < 4.78 is 0.